The van der Waals surface area contributed by atoms with E-state index < -0.39 is 0 Å². The molecule has 0 aromatic rings. The van der Waals surface area contributed by atoms with Crippen molar-refractivity contribution in [2.45, 2.75) is 44.9 Å². The quantitative estimate of drug-likeness (QED) is 0.510. The Bertz CT molecular complexity index is 394. The highest BCUT2D eigenvalue weighted by atomic mass is 14.3. The van der Waals surface area contributed by atoms with Gasteiger partial charge in [0.25, 0.3) is 0 Å². The Morgan fingerprint density at radius 1 is 0.889 bits per heavy atom. The van der Waals surface area contributed by atoms with E-state index in [-0.39, 0.29) is 0 Å². The van der Waals surface area contributed by atoms with Crippen LogP contribution in [-0.4, -0.2) is 0 Å². The van der Waals surface area contributed by atoms with Crippen LogP contribution in [0.1, 0.15) is 44.9 Å². The first kappa shape index (κ1) is 12.0. The van der Waals surface area contributed by atoms with Gasteiger partial charge in [-0.1, -0.05) is 48.1 Å². The third kappa shape index (κ3) is 2.68. The van der Waals surface area contributed by atoms with Crippen LogP contribution in [-0.2, 0) is 0 Å². The Kier molecular flexibility index (Phi) is 3.83. The van der Waals surface area contributed by atoms with Crippen LogP contribution in [0.2, 0.25) is 0 Å². The third-order valence-corrected chi connectivity index (χ3v) is 4.85. The minimum atomic E-state index is 0.898. The first-order valence-electron chi connectivity index (χ1n) is 7.61. The molecule has 96 valence electrons. The van der Waals surface area contributed by atoms with Gasteiger partial charge in [0, 0.05) is 0 Å². The smallest absolute Gasteiger partial charge is 0.0165 e. The minimum Gasteiger partial charge on any atom is -0.0882 e. The van der Waals surface area contributed by atoms with Crippen LogP contribution >= 0.6 is 0 Å². The largest absolute Gasteiger partial charge is 0.0882 e. The van der Waals surface area contributed by atoms with Gasteiger partial charge in [-0.05, 0) is 62.7 Å². The zero-order valence-corrected chi connectivity index (χ0v) is 11.2. The molecule has 4 aliphatic carbocycles. The summed E-state index contributed by atoms with van der Waals surface area (Å²) in [6.07, 6.45) is 25.7. The first-order valence-corrected chi connectivity index (χ1v) is 7.61. The highest BCUT2D eigenvalue weighted by Gasteiger charge is 2.22. The van der Waals surface area contributed by atoms with E-state index in [2.05, 4.69) is 42.5 Å². The molecule has 0 spiro atoms. The molecule has 0 amide bonds. The highest BCUT2D eigenvalue weighted by molar-refractivity contribution is 5.23. The fourth-order valence-corrected chi connectivity index (χ4v) is 3.69. The number of hydrogen-bond acceptors (Lipinski definition) is 0. The van der Waals surface area contributed by atoms with Crippen LogP contribution in [0.15, 0.2) is 48.1 Å². The topological polar surface area (TPSA) is 0 Å². The van der Waals surface area contributed by atoms with E-state index in [1.165, 1.54) is 44.9 Å². The van der Waals surface area contributed by atoms with Crippen molar-refractivity contribution >= 4 is 0 Å². The average molecular weight is 240 g/mol. The molecule has 0 aromatic heterocycles. The predicted octanol–water partition coefficient (Wildman–Crippen LogP) is 5.20. The summed E-state index contributed by atoms with van der Waals surface area (Å²) in [5.74, 6) is 2.81. The Morgan fingerprint density at radius 2 is 1.78 bits per heavy atom. The maximum Gasteiger partial charge on any atom is -0.0165 e. The lowest BCUT2D eigenvalue weighted by molar-refractivity contribution is 0.415. The molecule has 18 heavy (non-hydrogen) atoms. The summed E-state index contributed by atoms with van der Waals surface area (Å²) in [6, 6.07) is 0. The van der Waals surface area contributed by atoms with Gasteiger partial charge in [0.2, 0.25) is 0 Å². The van der Waals surface area contributed by atoms with Crippen LogP contribution in [0.4, 0.5) is 0 Å². The Balaban J connectivity index is 0.000000111. The van der Waals surface area contributed by atoms with Crippen molar-refractivity contribution in [3.05, 3.63) is 48.1 Å². The Labute approximate surface area is 111 Å². The zero-order valence-electron chi connectivity index (χ0n) is 11.2. The highest BCUT2D eigenvalue weighted by Crippen LogP contribution is 2.35. The standard InChI is InChI=1S/2C9H12/c2*1-2-5-9-7-3-6-8(9)4-1/h1-2,4,9H,3,5-7H2;1-3,6,8-9H,4-5,7H2. The summed E-state index contributed by atoms with van der Waals surface area (Å²) in [4.78, 5) is 0. The lowest BCUT2D eigenvalue weighted by Crippen LogP contribution is -2.09. The normalized spacial score (nSPS) is 35.6. The maximum atomic E-state index is 2.38. The molecule has 0 radical (unpaired) electrons. The molecule has 1 fully saturated rings. The summed E-state index contributed by atoms with van der Waals surface area (Å²) in [6.45, 7) is 0. The summed E-state index contributed by atoms with van der Waals surface area (Å²) in [7, 11) is 0. The average Bonchev–Trinajstić information content (AvgIpc) is 3.08. The van der Waals surface area contributed by atoms with Crippen LogP contribution in [0, 0.1) is 17.8 Å². The van der Waals surface area contributed by atoms with E-state index in [4.69, 9.17) is 0 Å². The van der Waals surface area contributed by atoms with Crippen molar-refractivity contribution < 1.29 is 0 Å². The molecule has 0 aromatic carbocycles. The first-order chi connectivity index (χ1) is 8.93. The summed E-state index contributed by atoms with van der Waals surface area (Å²) >= 11 is 0. The molecule has 0 aliphatic heterocycles. The van der Waals surface area contributed by atoms with Gasteiger partial charge in [-0.3, -0.25) is 0 Å². The molecular formula is C18H24. The number of allylic oxidation sites excluding steroid dienone is 8. The summed E-state index contributed by atoms with van der Waals surface area (Å²) in [5.41, 5.74) is 1.71. The Morgan fingerprint density at radius 3 is 2.67 bits per heavy atom. The molecular weight excluding hydrogens is 216 g/mol. The van der Waals surface area contributed by atoms with E-state index in [1.54, 1.807) is 5.57 Å². The van der Waals surface area contributed by atoms with Crippen molar-refractivity contribution in [3.8, 4) is 0 Å². The fraction of sp³-hybridized carbons (Fsp3) is 0.556. The molecule has 4 aliphatic rings. The van der Waals surface area contributed by atoms with Gasteiger partial charge in [-0.25, -0.2) is 0 Å². The Hall–Kier alpha value is -1.04. The second-order valence-corrected chi connectivity index (χ2v) is 6.03. The van der Waals surface area contributed by atoms with Crippen LogP contribution in [0.5, 0.6) is 0 Å². The van der Waals surface area contributed by atoms with E-state index >= 15 is 0 Å². The third-order valence-electron chi connectivity index (χ3n) is 4.85. The molecule has 3 atom stereocenters. The van der Waals surface area contributed by atoms with Gasteiger partial charge in [0.05, 0.1) is 0 Å². The summed E-state index contributed by atoms with van der Waals surface area (Å²) in [5, 5.41) is 0. The molecule has 1 saturated carbocycles. The SMILES string of the molecule is C1=CCC2CC=CC2C1.C1=CCC2CCCC2=C1. The lowest BCUT2D eigenvalue weighted by atomic mass is 9.86. The van der Waals surface area contributed by atoms with Crippen molar-refractivity contribution in [2.24, 2.45) is 17.8 Å². The second-order valence-electron chi connectivity index (χ2n) is 6.03. The molecule has 3 unspecified atom stereocenters. The van der Waals surface area contributed by atoms with Crippen molar-refractivity contribution in [1.29, 1.82) is 0 Å². The fourth-order valence-electron chi connectivity index (χ4n) is 3.69. The van der Waals surface area contributed by atoms with E-state index in [1.807, 2.05) is 0 Å². The van der Waals surface area contributed by atoms with Gasteiger partial charge in [0.1, 0.15) is 0 Å². The molecule has 0 saturated heterocycles. The van der Waals surface area contributed by atoms with Gasteiger partial charge in [-0.15, -0.1) is 0 Å². The van der Waals surface area contributed by atoms with E-state index in [9.17, 15) is 0 Å². The lowest BCUT2D eigenvalue weighted by Gasteiger charge is -2.19. The van der Waals surface area contributed by atoms with Crippen molar-refractivity contribution in [1.82, 2.24) is 0 Å². The number of hydrogen-bond donors (Lipinski definition) is 0. The van der Waals surface area contributed by atoms with Gasteiger partial charge >= 0.3 is 0 Å². The molecule has 0 heteroatoms. The van der Waals surface area contributed by atoms with Gasteiger partial charge in [-0.2, -0.15) is 0 Å². The van der Waals surface area contributed by atoms with Gasteiger partial charge in [0.15, 0.2) is 0 Å². The monoisotopic (exact) mass is 240 g/mol. The number of fused-ring (bicyclic) bond motifs is 2. The van der Waals surface area contributed by atoms with Crippen molar-refractivity contribution in [2.75, 3.05) is 0 Å². The number of rotatable bonds is 0. The van der Waals surface area contributed by atoms with E-state index in [0.29, 0.717) is 0 Å². The van der Waals surface area contributed by atoms with Crippen LogP contribution < -0.4 is 0 Å². The van der Waals surface area contributed by atoms with Crippen molar-refractivity contribution in [3.63, 3.8) is 0 Å². The van der Waals surface area contributed by atoms with Crippen LogP contribution in [0.3, 0.4) is 0 Å². The maximum absolute atomic E-state index is 2.38. The summed E-state index contributed by atoms with van der Waals surface area (Å²) < 4.78 is 0. The molecule has 4 rings (SSSR count). The molecule has 0 N–H and O–H groups in total. The minimum absolute atomic E-state index is 0.898. The van der Waals surface area contributed by atoms with E-state index in [0.717, 1.165) is 17.8 Å². The molecule has 0 bridgehead atoms. The van der Waals surface area contributed by atoms with Crippen LogP contribution in [0.25, 0.3) is 0 Å². The second kappa shape index (κ2) is 5.73. The molecule has 0 heterocycles. The van der Waals surface area contributed by atoms with Gasteiger partial charge < -0.3 is 0 Å². The zero-order chi connectivity index (χ0) is 12.2. The molecule has 0 nitrogen and oxygen atoms in total. The predicted molar refractivity (Wildman–Crippen MR) is 78.3 cm³/mol.